The molecule has 2 heterocycles. The van der Waals surface area contributed by atoms with E-state index in [4.69, 9.17) is 9.15 Å². The minimum atomic E-state index is -0.298. The number of ether oxygens (including phenoxy) is 1. The lowest BCUT2D eigenvalue weighted by atomic mass is 10.1. The van der Waals surface area contributed by atoms with E-state index in [2.05, 4.69) is 10.6 Å². The van der Waals surface area contributed by atoms with E-state index in [9.17, 15) is 9.18 Å². The van der Waals surface area contributed by atoms with Crippen LogP contribution >= 0.6 is 0 Å². The number of furan rings is 1. The number of amides is 1. The second-order valence-corrected chi connectivity index (χ2v) is 6.29. The zero-order valence-electron chi connectivity index (χ0n) is 14.0. The van der Waals surface area contributed by atoms with Crippen molar-refractivity contribution in [3.63, 3.8) is 0 Å². The molecule has 0 spiro atoms. The highest BCUT2D eigenvalue weighted by Gasteiger charge is 2.19. The quantitative estimate of drug-likeness (QED) is 0.853. The van der Waals surface area contributed by atoms with E-state index in [1.807, 2.05) is 13.8 Å². The van der Waals surface area contributed by atoms with Crippen LogP contribution in [0.5, 0.6) is 0 Å². The Balaban J connectivity index is 1.56. The average molecular weight is 334 g/mol. The molecule has 0 saturated carbocycles. The standard InChI is InChI=1S/C18H23FN2O3/c1-11-15-8-13(19)5-6-16(15)24-18(11)12(2)21-17(22)10-20-9-14-4-3-7-23-14/h5-6,8,12,14,20H,3-4,7,9-10H2,1-2H3,(H,21,22)/t12-,14+/m1/s1. The van der Waals surface area contributed by atoms with Gasteiger partial charge in [-0.25, -0.2) is 4.39 Å². The van der Waals surface area contributed by atoms with Crippen molar-refractivity contribution >= 4 is 16.9 Å². The number of aryl methyl sites for hydroxylation is 1. The van der Waals surface area contributed by atoms with E-state index >= 15 is 0 Å². The van der Waals surface area contributed by atoms with Crippen LogP contribution in [0.15, 0.2) is 22.6 Å². The molecular formula is C18H23FN2O3. The van der Waals surface area contributed by atoms with Gasteiger partial charge >= 0.3 is 0 Å². The second kappa shape index (κ2) is 7.32. The first kappa shape index (κ1) is 16.9. The topological polar surface area (TPSA) is 63.5 Å². The van der Waals surface area contributed by atoms with E-state index in [0.29, 0.717) is 17.9 Å². The van der Waals surface area contributed by atoms with Gasteiger partial charge in [-0.3, -0.25) is 4.79 Å². The molecule has 1 aromatic heterocycles. The molecule has 1 saturated heterocycles. The van der Waals surface area contributed by atoms with Crippen molar-refractivity contribution in [2.75, 3.05) is 19.7 Å². The summed E-state index contributed by atoms with van der Waals surface area (Å²) in [5.41, 5.74) is 1.48. The fourth-order valence-electron chi connectivity index (χ4n) is 3.14. The van der Waals surface area contributed by atoms with Crippen molar-refractivity contribution in [3.8, 4) is 0 Å². The first-order valence-corrected chi connectivity index (χ1v) is 8.35. The molecule has 2 N–H and O–H groups in total. The van der Waals surface area contributed by atoms with E-state index in [1.165, 1.54) is 12.1 Å². The van der Waals surface area contributed by atoms with Crippen LogP contribution in [0.25, 0.3) is 11.0 Å². The van der Waals surface area contributed by atoms with Crippen LogP contribution in [0.3, 0.4) is 0 Å². The molecule has 2 atom stereocenters. The summed E-state index contributed by atoms with van der Waals surface area (Å²) in [7, 11) is 0. The molecule has 0 unspecified atom stereocenters. The third-order valence-corrected chi connectivity index (χ3v) is 4.39. The Kier molecular flexibility index (Phi) is 5.16. The number of benzene rings is 1. The van der Waals surface area contributed by atoms with Gasteiger partial charge in [0.2, 0.25) is 5.91 Å². The van der Waals surface area contributed by atoms with Gasteiger partial charge in [-0.05, 0) is 44.9 Å². The summed E-state index contributed by atoms with van der Waals surface area (Å²) >= 11 is 0. The number of carbonyl (C=O) groups is 1. The minimum Gasteiger partial charge on any atom is -0.459 e. The summed E-state index contributed by atoms with van der Waals surface area (Å²) in [6, 6.07) is 4.15. The van der Waals surface area contributed by atoms with Gasteiger partial charge in [0.1, 0.15) is 17.2 Å². The van der Waals surface area contributed by atoms with Gasteiger partial charge < -0.3 is 19.8 Å². The number of carbonyl (C=O) groups excluding carboxylic acids is 1. The summed E-state index contributed by atoms with van der Waals surface area (Å²) in [6.45, 7) is 5.46. The van der Waals surface area contributed by atoms with Crippen LogP contribution in [0, 0.1) is 12.7 Å². The Bertz CT molecular complexity index is 722. The van der Waals surface area contributed by atoms with Gasteiger partial charge in [-0.15, -0.1) is 0 Å². The fourth-order valence-corrected chi connectivity index (χ4v) is 3.14. The second-order valence-electron chi connectivity index (χ2n) is 6.29. The monoisotopic (exact) mass is 334 g/mol. The highest BCUT2D eigenvalue weighted by atomic mass is 19.1. The van der Waals surface area contributed by atoms with Crippen molar-refractivity contribution in [3.05, 3.63) is 35.3 Å². The Morgan fingerprint density at radius 2 is 2.29 bits per heavy atom. The molecule has 0 aliphatic carbocycles. The van der Waals surface area contributed by atoms with Crippen molar-refractivity contribution < 1.29 is 18.3 Å². The summed E-state index contributed by atoms with van der Waals surface area (Å²) < 4.78 is 24.7. The average Bonchev–Trinajstić information content (AvgIpc) is 3.16. The summed E-state index contributed by atoms with van der Waals surface area (Å²) in [6.07, 6.45) is 2.34. The van der Waals surface area contributed by atoms with Crippen LogP contribution in [0.4, 0.5) is 4.39 Å². The van der Waals surface area contributed by atoms with Gasteiger partial charge in [0, 0.05) is 24.1 Å². The zero-order chi connectivity index (χ0) is 17.1. The summed E-state index contributed by atoms with van der Waals surface area (Å²) in [5, 5.41) is 6.76. The Labute approximate surface area is 140 Å². The molecule has 1 aromatic carbocycles. The van der Waals surface area contributed by atoms with E-state index in [-0.39, 0.29) is 30.4 Å². The van der Waals surface area contributed by atoms with Crippen molar-refractivity contribution in [1.82, 2.24) is 10.6 Å². The van der Waals surface area contributed by atoms with E-state index in [1.54, 1.807) is 6.07 Å². The van der Waals surface area contributed by atoms with Crippen molar-refractivity contribution in [2.45, 2.75) is 38.8 Å². The third kappa shape index (κ3) is 3.76. The van der Waals surface area contributed by atoms with Crippen LogP contribution in [0.2, 0.25) is 0 Å². The van der Waals surface area contributed by atoms with Gasteiger partial charge in [-0.1, -0.05) is 0 Å². The summed E-state index contributed by atoms with van der Waals surface area (Å²) in [4.78, 5) is 12.1. The summed E-state index contributed by atoms with van der Waals surface area (Å²) in [5.74, 6) is 0.252. The molecule has 1 amide bonds. The fraction of sp³-hybridized carbons (Fsp3) is 0.500. The van der Waals surface area contributed by atoms with Gasteiger partial charge in [0.25, 0.3) is 0 Å². The Hall–Kier alpha value is -1.92. The smallest absolute Gasteiger partial charge is 0.234 e. The van der Waals surface area contributed by atoms with Gasteiger partial charge in [-0.2, -0.15) is 0 Å². The van der Waals surface area contributed by atoms with Crippen LogP contribution < -0.4 is 10.6 Å². The molecule has 6 heteroatoms. The normalized spacial score (nSPS) is 18.9. The first-order valence-electron chi connectivity index (χ1n) is 8.35. The third-order valence-electron chi connectivity index (χ3n) is 4.39. The maximum atomic E-state index is 13.4. The van der Waals surface area contributed by atoms with E-state index in [0.717, 1.165) is 30.4 Å². The number of hydrogen-bond acceptors (Lipinski definition) is 4. The molecule has 5 nitrogen and oxygen atoms in total. The maximum Gasteiger partial charge on any atom is 0.234 e. The molecule has 1 aliphatic heterocycles. The lowest BCUT2D eigenvalue weighted by Crippen LogP contribution is -2.38. The van der Waals surface area contributed by atoms with Crippen LogP contribution in [-0.4, -0.2) is 31.7 Å². The Morgan fingerprint density at radius 3 is 3.04 bits per heavy atom. The molecule has 0 bridgehead atoms. The van der Waals surface area contributed by atoms with Gasteiger partial charge in [0.15, 0.2) is 0 Å². The largest absolute Gasteiger partial charge is 0.459 e. The molecule has 0 radical (unpaired) electrons. The molecule has 1 fully saturated rings. The van der Waals surface area contributed by atoms with Crippen molar-refractivity contribution in [2.24, 2.45) is 0 Å². The molecule has 3 rings (SSSR count). The zero-order valence-corrected chi connectivity index (χ0v) is 14.0. The van der Waals surface area contributed by atoms with Gasteiger partial charge in [0.05, 0.1) is 18.7 Å². The first-order chi connectivity index (χ1) is 11.5. The lowest BCUT2D eigenvalue weighted by molar-refractivity contribution is -0.121. The molecule has 130 valence electrons. The number of nitrogens with one attached hydrogen (secondary N) is 2. The Morgan fingerprint density at radius 1 is 1.46 bits per heavy atom. The minimum absolute atomic E-state index is 0.105. The SMILES string of the molecule is Cc1c([C@@H](C)NC(=O)CNC[C@@H]2CCCO2)oc2ccc(F)cc12. The number of hydrogen-bond donors (Lipinski definition) is 2. The van der Waals surface area contributed by atoms with Crippen LogP contribution in [0.1, 0.15) is 37.1 Å². The molecular weight excluding hydrogens is 311 g/mol. The molecule has 1 aliphatic rings. The van der Waals surface area contributed by atoms with E-state index < -0.39 is 0 Å². The molecule has 24 heavy (non-hydrogen) atoms. The van der Waals surface area contributed by atoms with Crippen molar-refractivity contribution in [1.29, 1.82) is 0 Å². The maximum absolute atomic E-state index is 13.4. The number of halogens is 1. The highest BCUT2D eigenvalue weighted by molar-refractivity contribution is 5.83. The highest BCUT2D eigenvalue weighted by Crippen LogP contribution is 2.29. The number of fused-ring (bicyclic) bond motifs is 1. The van der Waals surface area contributed by atoms with Crippen LogP contribution in [-0.2, 0) is 9.53 Å². The molecule has 2 aromatic rings. The predicted octanol–water partition coefficient (Wildman–Crippen LogP) is 2.83. The number of rotatable bonds is 6. The lowest BCUT2D eigenvalue weighted by Gasteiger charge is -2.14. The predicted molar refractivity (Wildman–Crippen MR) is 89.3 cm³/mol.